The van der Waals surface area contributed by atoms with E-state index in [1.54, 1.807) is 6.07 Å². The highest BCUT2D eigenvalue weighted by Crippen LogP contribution is 2.36. The summed E-state index contributed by atoms with van der Waals surface area (Å²) >= 11 is 0.949. The molecule has 0 fully saturated rings. The summed E-state index contributed by atoms with van der Waals surface area (Å²) in [6.07, 6.45) is -0.0525. The van der Waals surface area contributed by atoms with E-state index in [2.05, 4.69) is 10.6 Å². The number of rotatable bonds is 7. The van der Waals surface area contributed by atoms with E-state index >= 15 is 0 Å². The van der Waals surface area contributed by atoms with Gasteiger partial charge in [0, 0.05) is 42.3 Å². The number of benzene rings is 2. The first-order valence-corrected chi connectivity index (χ1v) is 10.1. The molecule has 1 atom stereocenters. The van der Waals surface area contributed by atoms with E-state index in [0.29, 0.717) is 11.3 Å². The van der Waals surface area contributed by atoms with Crippen LogP contribution in [0.2, 0.25) is 0 Å². The second-order valence-electron chi connectivity index (χ2n) is 6.65. The van der Waals surface area contributed by atoms with Crippen molar-refractivity contribution in [3.63, 3.8) is 0 Å². The summed E-state index contributed by atoms with van der Waals surface area (Å²) in [5.74, 6) is -1.63. The van der Waals surface area contributed by atoms with Crippen LogP contribution in [-0.4, -0.2) is 27.4 Å². The predicted octanol–water partition coefficient (Wildman–Crippen LogP) is 3.21. The lowest BCUT2D eigenvalue weighted by Gasteiger charge is -2.24. The number of nitro groups is 2. The van der Waals surface area contributed by atoms with E-state index < -0.39 is 21.7 Å². The molecule has 1 heterocycles. The van der Waals surface area contributed by atoms with Crippen molar-refractivity contribution in [2.24, 2.45) is 0 Å². The first-order valence-electron chi connectivity index (χ1n) is 9.14. The second kappa shape index (κ2) is 9.71. The number of non-ortho nitro benzene ring substituents is 2. The fourth-order valence-corrected chi connectivity index (χ4v) is 3.95. The second-order valence-corrected chi connectivity index (χ2v) is 7.64. The molecule has 0 spiro atoms. The molecule has 1 unspecified atom stereocenters. The highest BCUT2D eigenvalue weighted by Gasteiger charge is 2.30. The number of nitrogens with one attached hydrogen (secondary N) is 2. The Morgan fingerprint density at radius 2 is 1.84 bits per heavy atom. The summed E-state index contributed by atoms with van der Waals surface area (Å²) in [6.45, 7) is 0. The van der Waals surface area contributed by atoms with Crippen molar-refractivity contribution in [3.05, 3.63) is 84.9 Å². The molecule has 0 saturated heterocycles. The average Bonchev–Trinajstić information content (AvgIpc) is 2.77. The quantitative estimate of drug-likeness (QED) is 0.476. The van der Waals surface area contributed by atoms with Crippen LogP contribution in [0.3, 0.4) is 0 Å². The lowest BCUT2D eigenvalue weighted by molar-refractivity contribution is -0.385. The van der Waals surface area contributed by atoms with Gasteiger partial charge in [0.1, 0.15) is 0 Å². The topological polar surface area (TPSA) is 168 Å². The van der Waals surface area contributed by atoms with Crippen LogP contribution in [0.1, 0.15) is 17.9 Å². The zero-order valence-electron chi connectivity index (χ0n) is 16.3. The summed E-state index contributed by atoms with van der Waals surface area (Å²) in [5.41, 5.74) is 0.760. The van der Waals surface area contributed by atoms with Crippen molar-refractivity contribution >= 4 is 40.6 Å². The molecule has 0 saturated carbocycles. The zero-order chi connectivity index (χ0) is 23.3. The van der Waals surface area contributed by atoms with Gasteiger partial charge in [-0.05, 0) is 17.7 Å². The van der Waals surface area contributed by atoms with Gasteiger partial charge >= 0.3 is 0 Å². The van der Waals surface area contributed by atoms with E-state index in [9.17, 15) is 35.1 Å². The van der Waals surface area contributed by atoms with Crippen molar-refractivity contribution < 1.29 is 19.4 Å². The standard InChI is InChI=1S/C20H15N5O6S/c21-10-17-16(12-2-1-3-15(8-12)25(30)31)9-18(26)23-20(17)32-11-19(27)22-13-4-6-14(7-5-13)24(28)29/h1-8,16H,9,11H2,(H,22,27)(H,23,26). The summed E-state index contributed by atoms with van der Waals surface area (Å²) < 4.78 is 0. The van der Waals surface area contributed by atoms with Crippen molar-refractivity contribution in [2.45, 2.75) is 12.3 Å². The van der Waals surface area contributed by atoms with Crippen LogP contribution >= 0.6 is 11.8 Å². The maximum absolute atomic E-state index is 12.3. The zero-order valence-corrected chi connectivity index (χ0v) is 17.1. The summed E-state index contributed by atoms with van der Waals surface area (Å²) in [4.78, 5) is 45.1. The Morgan fingerprint density at radius 3 is 2.47 bits per heavy atom. The highest BCUT2D eigenvalue weighted by atomic mass is 32.2. The monoisotopic (exact) mass is 453 g/mol. The number of nitro benzene ring substituents is 2. The number of allylic oxidation sites excluding steroid dienone is 1. The molecule has 11 nitrogen and oxygen atoms in total. The van der Waals surface area contributed by atoms with Gasteiger partial charge in [0.2, 0.25) is 11.8 Å². The lowest BCUT2D eigenvalue weighted by atomic mass is 9.87. The number of carbonyl (C=O) groups excluding carboxylic acids is 2. The largest absolute Gasteiger partial charge is 0.325 e. The Hall–Kier alpha value is -4.24. The fraction of sp³-hybridized carbons (Fsp3) is 0.150. The number of amides is 2. The van der Waals surface area contributed by atoms with Crippen LogP contribution in [0.4, 0.5) is 17.1 Å². The van der Waals surface area contributed by atoms with Crippen LogP contribution in [0.25, 0.3) is 0 Å². The van der Waals surface area contributed by atoms with Crippen molar-refractivity contribution in [1.82, 2.24) is 5.32 Å². The van der Waals surface area contributed by atoms with Gasteiger partial charge in [0.15, 0.2) is 0 Å². The van der Waals surface area contributed by atoms with E-state index in [1.165, 1.54) is 42.5 Å². The van der Waals surface area contributed by atoms with Crippen molar-refractivity contribution in [2.75, 3.05) is 11.1 Å². The molecule has 162 valence electrons. The SMILES string of the molecule is N#CC1=C(SCC(=O)Nc2ccc([N+](=O)[O-])cc2)NC(=O)CC1c1cccc([N+](=O)[O-])c1. The molecule has 0 radical (unpaired) electrons. The molecule has 1 aliphatic rings. The first kappa shape index (κ1) is 22.4. The van der Waals surface area contributed by atoms with Crippen LogP contribution in [0, 0.1) is 31.6 Å². The molecule has 2 amide bonds. The number of nitrogens with zero attached hydrogens (tertiary/aromatic N) is 3. The number of nitriles is 1. The number of anilines is 1. The molecule has 12 heteroatoms. The van der Waals surface area contributed by atoms with Crippen molar-refractivity contribution in [1.29, 1.82) is 5.26 Å². The lowest BCUT2D eigenvalue weighted by Crippen LogP contribution is -2.31. The number of hydrogen-bond donors (Lipinski definition) is 2. The van der Waals surface area contributed by atoms with Gasteiger partial charge in [0.05, 0.1) is 32.3 Å². The molecule has 2 aromatic carbocycles. The third-order valence-electron chi connectivity index (χ3n) is 4.55. The minimum Gasteiger partial charge on any atom is -0.325 e. The Labute approximate surface area is 185 Å². The molecule has 1 aliphatic heterocycles. The van der Waals surface area contributed by atoms with Gasteiger partial charge in [0.25, 0.3) is 11.4 Å². The summed E-state index contributed by atoms with van der Waals surface area (Å²) in [6, 6.07) is 13.1. The Balaban J connectivity index is 1.75. The van der Waals surface area contributed by atoms with Crippen LogP contribution in [0.15, 0.2) is 59.1 Å². The number of thioether (sulfide) groups is 1. The Kier molecular flexibility index (Phi) is 6.81. The third-order valence-corrected chi connectivity index (χ3v) is 5.57. The molecule has 2 aromatic rings. The number of hydrogen-bond acceptors (Lipinski definition) is 8. The maximum atomic E-state index is 12.3. The van der Waals surface area contributed by atoms with Gasteiger partial charge in [-0.3, -0.25) is 29.8 Å². The number of carbonyl (C=O) groups is 2. The van der Waals surface area contributed by atoms with Crippen LogP contribution in [0.5, 0.6) is 0 Å². The van der Waals surface area contributed by atoms with Gasteiger partial charge in [-0.25, -0.2) is 0 Å². The van der Waals surface area contributed by atoms with Gasteiger partial charge in [-0.2, -0.15) is 5.26 Å². The highest BCUT2D eigenvalue weighted by molar-refractivity contribution is 8.03. The maximum Gasteiger partial charge on any atom is 0.269 e. The third kappa shape index (κ3) is 5.27. The average molecular weight is 453 g/mol. The fourth-order valence-electron chi connectivity index (χ4n) is 3.07. The molecular formula is C20H15N5O6S. The molecule has 32 heavy (non-hydrogen) atoms. The normalized spacial score (nSPS) is 15.5. The van der Waals surface area contributed by atoms with Gasteiger partial charge < -0.3 is 10.6 Å². The van der Waals surface area contributed by atoms with Gasteiger partial charge in [-0.15, -0.1) is 0 Å². The predicted molar refractivity (Wildman–Crippen MR) is 115 cm³/mol. The molecule has 3 rings (SSSR count). The van der Waals surface area contributed by atoms with E-state index in [0.717, 1.165) is 11.8 Å². The molecule has 0 aliphatic carbocycles. The van der Waals surface area contributed by atoms with Crippen LogP contribution < -0.4 is 10.6 Å². The van der Waals surface area contributed by atoms with Crippen LogP contribution in [-0.2, 0) is 9.59 Å². The van der Waals surface area contributed by atoms with E-state index in [1.807, 2.05) is 6.07 Å². The van der Waals surface area contributed by atoms with Crippen molar-refractivity contribution in [3.8, 4) is 6.07 Å². The molecular weight excluding hydrogens is 438 g/mol. The first-order chi connectivity index (χ1) is 15.3. The Morgan fingerprint density at radius 1 is 1.16 bits per heavy atom. The van der Waals surface area contributed by atoms with E-state index in [4.69, 9.17) is 0 Å². The van der Waals surface area contributed by atoms with E-state index in [-0.39, 0.29) is 40.1 Å². The Bertz CT molecular complexity index is 1170. The smallest absolute Gasteiger partial charge is 0.269 e. The summed E-state index contributed by atoms with van der Waals surface area (Å²) in [7, 11) is 0. The molecule has 0 bridgehead atoms. The minimum absolute atomic E-state index is 0.0525. The molecule has 2 N–H and O–H groups in total. The van der Waals surface area contributed by atoms with Gasteiger partial charge in [-0.1, -0.05) is 23.9 Å². The minimum atomic E-state index is -0.672. The molecule has 0 aromatic heterocycles. The summed E-state index contributed by atoms with van der Waals surface area (Å²) in [5, 5.41) is 36.8.